The lowest BCUT2D eigenvalue weighted by Gasteiger charge is -2.31. The number of amides is 2. The van der Waals surface area contributed by atoms with Crippen molar-refractivity contribution in [1.29, 1.82) is 0 Å². The molecule has 2 amide bonds. The second-order valence-corrected chi connectivity index (χ2v) is 7.53. The van der Waals surface area contributed by atoms with Crippen LogP contribution >= 0.6 is 0 Å². The summed E-state index contributed by atoms with van der Waals surface area (Å²) in [6, 6.07) is 12.4. The highest BCUT2D eigenvalue weighted by molar-refractivity contribution is 6.05. The van der Waals surface area contributed by atoms with Gasteiger partial charge in [0.25, 0.3) is 17.5 Å². The molecule has 31 heavy (non-hydrogen) atoms. The van der Waals surface area contributed by atoms with Gasteiger partial charge in [-0.15, -0.1) is 0 Å². The van der Waals surface area contributed by atoms with Crippen molar-refractivity contribution in [2.75, 3.05) is 20.2 Å². The maximum atomic E-state index is 13.2. The maximum absolute atomic E-state index is 13.2. The van der Waals surface area contributed by atoms with Crippen LogP contribution in [0.5, 0.6) is 5.75 Å². The highest BCUT2D eigenvalue weighted by Crippen LogP contribution is 2.23. The van der Waals surface area contributed by atoms with E-state index in [9.17, 15) is 19.7 Å². The molecule has 0 atom stereocenters. The van der Waals surface area contributed by atoms with Crippen LogP contribution in [0.4, 0.5) is 5.69 Å². The third-order valence-corrected chi connectivity index (χ3v) is 5.33. The molecule has 8 heteroatoms. The van der Waals surface area contributed by atoms with Crippen LogP contribution < -0.4 is 10.1 Å². The van der Waals surface area contributed by atoms with Gasteiger partial charge >= 0.3 is 0 Å². The molecule has 2 aromatic rings. The van der Waals surface area contributed by atoms with Gasteiger partial charge in [0.05, 0.1) is 12.0 Å². The second kappa shape index (κ2) is 9.88. The molecule has 1 N–H and O–H groups in total. The number of nitro benzene ring substituents is 1. The van der Waals surface area contributed by atoms with E-state index >= 15 is 0 Å². The molecule has 0 radical (unpaired) electrons. The predicted octanol–water partition coefficient (Wildman–Crippen LogP) is 3.63. The standard InChI is InChI=1S/C23H25N3O5/c1-16-11-13-25(14-12-16)23(28)20(15-18-5-3-4-6-21(18)31-2)24-22(27)17-7-9-19(10-8-17)26(29)30/h3-10,15-16H,11-14H2,1-2H3,(H,24,27). The molecule has 0 aromatic heterocycles. The lowest BCUT2D eigenvalue weighted by molar-refractivity contribution is -0.384. The van der Waals surface area contributed by atoms with E-state index in [1.807, 2.05) is 12.1 Å². The average Bonchev–Trinajstić information content (AvgIpc) is 2.79. The smallest absolute Gasteiger partial charge is 0.270 e. The van der Waals surface area contributed by atoms with Crippen molar-refractivity contribution >= 4 is 23.6 Å². The molecule has 1 fully saturated rings. The molecule has 3 rings (SSSR count). The molecular formula is C23H25N3O5. The Kier molecular flexibility index (Phi) is 7.02. The van der Waals surface area contributed by atoms with Gasteiger partial charge in [-0.3, -0.25) is 19.7 Å². The number of nitro groups is 1. The van der Waals surface area contributed by atoms with E-state index in [1.165, 1.54) is 31.4 Å². The van der Waals surface area contributed by atoms with Gasteiger partial charge in [0.2, 0.25) is 0 Å². The van der Waals surface area contributed by atoms with E-state index in [-0.39, 0.29) is 22.9 Å². The number of rotatable bonds is 6. The number of hydrogen-bond acceptors (Lipinski definition) is 5. The van der Waals surface area contributed by atoms with Gasteiger partial charge < -0.3 is 15.0 Å². The third-order valence-electron chi connectivity index (χ3n) is 5.33. The highest BCUT2D eigenvalue weighted by Gasteiger charge is 2.25. The van der Waals surface area contributed by atoms with E-state index in [2.05, 4.69) is 12.2 Å². The average molecular weight is 423 g/mol. The first kappa shape index (κ1) is 22.0. The van der Waals surface area contributed by atoms with Crippen LogP contribution in [0.2, 0.25) is 0 Å². The second-order valence-electron chi connectivity index (χ2n) is 7.53. The molecule has 162 valence electrons. The van der Waals surface area contributed by atoms with Gasteiger partial charge in [-0.05, 0) is 43.0 Å². The minimum absolute atomic E-state index is 0.111. The van der Waals surface area contributed by atoms with Crippen molar-refractivity contribution in [2.24, 2.45) is 5.92 Å². The number of nitrogens with one attached hydrogen (secondary N) is 1. The molecule has 1 aliphatic heterocycles. The number of non-ortho nitro benzene ring substituents is 1. The van der Waals surface area contributed by atoms with Crippen molar-refractivity contribution in [2.45, 2.75) is 19.8 Å². The summed E-state index contributed by atoms with van der Waals surface area (Å²) < 4.78 is 5.36. The number of carbonyl (C=O) groups is 2. The number of ether oxygens (including phenoxy) is 1. The monoisotopic (exact) mass is 423 g/mol. The quantitative estimate of drug-likeness (QED) is 0.434. The number of methoxy groups -OCH3 is 1. The SMILES string of the molecule is COc1ccccc1C=C(NC(=O)c1ccc([N+](=O)[O-])cc1)C(=O)N1CCC(C)CC1. The summed E-state index contributed by atoms with van der Waals surface area (Å²) in [6.07, 6.45) is 3.41. The minimum atomic E-state index is -0.532. The fraction of sp³-hybridized carbons (Fsp3) is 0.304. The number of nitrogens with zero attached hydrogens (tertiary/aromatic N) is 2. The summed E-state index contributed by atoms with van der Waals surface area (Å²) in [7, 11) is 1.54. The Morgan fingerprint density at radius 2 is 1.77 bits per heavy atom. The molecule has 0 spiro atoms. The van der Waals surface area contributed by atoms with Gasteiger partial charge in [0, 0.05) is 36.3 Å². The molecule has 1 aliphatic rings. The number of hydrogen-bond donors (Lipinski definition) is 1. The zero-order valence-corrected chi connectivity index (χ0v) is 17.5. The van der Waals surface area contributed by atoms with Crippen molar-refractivity contribution in [1.82, 2.24) is 10.2 Å². The maximum Gasteiger partial charge on any atom is 0.270 e. The van der Waals surface area contributed by atoms with E-state index in [0.29, 0.717) is 30.3 Å². The van der Waals surface area contributed by atoms with Crippen LogP contribution in [0.1, 0.15) is 35.7 Å². The van der Waals surface area contributed by atoms with Gasteiger partial charge in [0.1, 0.15) is 11.4 Å². The van der Waals surface area contributed by atoms with Crippen molar-refractivity contribution < 1.29 is 19.2 Å². The Bertz CT molecular complexity index is 993. The van der Waals surface area contributed by atoms with E-state index in [1.54, 1.807) is 23.1 Å². The first-order valence-corrected chi connectivity index (χ1v) is 10.1. The molecule has 1 heterocycles. The highest BCUT2D eigenvalue weighted by atomic mass is 16.6. The Morgan fingerprint density at radius 1 is 1.13 bits per heavy atom. The molecule has 0 bridgehead atoms. The number of likely N-dealkylation sites (tertiary alicyclic amines) is 1. The summed E-state index contributed by atoms with van der Waals surface area (Å²) in [6.45, 7) is 3.40. The molecule has 2 aromatic carbocycles. The van der Waals surface area contributed by atoms with Gasteiger partial charge in [0.15, 0.2) is 0 Å². The first-order valence-electron chi connectivity index (χ1n) is 10.1. The predicted molar refractivity (Wildman–Crippen MR) is 117 cm³/mol. The minimum Gasteiger partial charge on any atom is -0.496 e. The van der Waals surface area contributed by atoms with Crippen LogP contribution in [0.25, 0.3) is 6.08 Å². The van der Waals surface area contributed by atoms with Gasteiger partial charge in [-0.2, -0.15) is 0 Å². The fourth-order valence-corrected chi connectivity index (χ4v) is 3.40. The first-order chi connectivity index (χ1) is 14.9. The normalized spacial score (nSPS) is 14.8. The van der Waals surface area contributed by atoms with E-state index in [0.717, 1.165) is 12.8 Å². The molecular weight excluding hydrogens is 398 g/mol. The van der Waals surface area contributed by atoms with Gasteiger partial charge in [-0.1, -0.05) is 25.1 Å². The summed E-state index contributed by atoms with van der Waals surface area (Å²) in [4.78, 5) is 38.1. The Hall–Kier alpha value is -3.68. The van der Waals surface area contributed by atoms with Crippen LogP contribution in [-0.4, -0.2) is 41.8 Å². The Morgan fingerprint density at radius 3 is 2.39 bits per heavy atom. The molecule has 0 aliphatic carbocycles. The van der Waals surface area contributed by atoms with Crippen molar-refractivity contribution in [3.63, 3.8) is 0 Å². The zero-order valence-electron chi connectivity index (χ0n) is 17.5. The summed E-state index contributed by atoms with van der Waals surface area (Å²) in [5, 5.41) is 13.5. The van der Waals surface area contributed by atoms with E-state index in [4.69, 9.17) is 4.74 Å². The van der Waals surface area contributed by atoms with Gasteiger partial charge in [-0.25, -0.2) is 0 Å². The largest absolute Gasteiger partial charge is 0.496 e. The molecule has 1 saturated heterocycles. The van der Waals surface area contributed by atoms with Crippen LogP contribution in [0.15, 0.2) is 54.2 Å². The lowest BCUT2D eigenvalue weighted by Crippen LogP contribution is -2.42. The van der Waals surface area contributed by atoms with Crippen molar-refractivity contribution in [3.05, 3.63) is 75.5 Å². The molecule has 0 unspecified atom stereocenters. The number of benzene rings is 2. The van der Waals surface area contributed by atoms with Crippen LogP contribution in [-0.2, 0) is 4.79 Å². The number of piperidine rings is 1. The topological polar surface area (TPSA) is 102 Å². The molecule has 0 saturated carbocycles. The fourth-order valence-electron chi connectivity index (χ4n) is 3.40. The Labute approximate surface area is 180 Å². The van der Waals surface area contributed by atoms with Crippen LogP contribution in [0.3, 0.4) is 0 Å². The van der Waals surface area contributed by atoms with Crippen LogP contribution in [0, 0.1) is 16.0 Å². The third kappa shape index (κ3) is 5.48. The van der Waals surface area contributed by atoms with Crippen molar-refractivity contribution in [3.8, 4) is 5.75 Å². The molecule has 8 nitrogen and oxygen atoms in total. The lowest BCUT2D eigenvalue weighted by atomic mass is 9.99. The van der Waals surface area contributed by atoms with E-state index < -0.39 is 10.8 Å². The zero-order chi connectivity index (χ0) is 22.4. The number of para-hydroxylation sites is 1. The Balaban J connectivity index is 1.89. The number of carbonyl (C=O) groups excluding carboxylic acids is 2. The summed E-state index contributed by atoms with van der Waals surface area (Å²) >= 11 is 0. The summed E-state index contributed by atoms with van der Waals surface area (Å²) in [5.74, 6) is 0.341. The summed E-state index contributed by atoms with van der Waals surface area (Å²) in [5.41, 5.74) is 0.890.